The monoisotopic (exact) mass is 541 g/mol. The van der Waals surface area contributed by atoms with Gasteiger partial charge >= 0.3 is 22.3 Å². The average Bonchev–Trinajstić information content (AvgIpc) is 2.85. The lowest BCUT2D eigenvalue weighted by Crippen LogP contribution is -2.59. The molecular formula is C23H26F3N5O5S. The van der Waals surface area contributed by atoms with Crippen LogP contribution in [0.3, 0.4) is 0 Å². The summed E-state index contributed by atoms with van der Waals surface area (Å²) < 4.78 is 72.2. The largest absolute Gasteiger partial charge is 0.471 e. The van der Waals surface area contributed by atoms with Crippen molar-refractivity contribution in [2.75, 3.05) is 50.2 Å². The standard InChI is InChI=1S/C23H26F3N5O5S/c24-23(25,26)22(33)28-13-21(32)17-6-7-18(27-12-17)14-31(19-4-2-1-3-5-19)37(34,35)30-10-8-29(9-11-30)20-15-36-16-20/h1-7,12,20H,8-11,13-16H2,(H,28,33). The Morgan fingerprint density at radius 3 is 2.27 bits per heavy atom. The van der Waals surface area contributed by atoms with E-state index in [0.717, 1.165) is 6.20 Å². The van der Waals surface area contributed by atoms with Gasteiger partial charge in [0.15, 0.2) is 5.78 Å². The Morgan fingerprint density at radius 1 is 1.05 bits per heavy atom. The number of piperazine rings is 1. The summed E-state index contributed by atoms with van der Waals surface area (Å²) in [6.07, 6.45) is -3.94. The first-order valence-electron chi connectivity index (χ1n) is 11.5. The number of pyridine rings is 1. The second-order valence-corrected chi connectivity index (χ2v) is 10.5. The molecule has 0 radical (unpaired) electrons. The normalized spacial score (nSPS) is 17.7. The van der Waals surface area contributed by atoms with E-state index in [0.29, 0.717) is 56.8 Å². The average molecular weight is 542 g/mol. The van der Waals surface area contributed by atoms with Gasteiger partial charge in [-0.15, -0.1) is 0 Å². The number of alkyl halides is 3. The van der Waals surface area contributed by atoms with Crippen molar-refractivity contribution >= 4 is 27.6 Å². The van der Waals surface area contributed by atoms with Gasteiger partial charge in [-0.05, 0) is 24.3 Å². The second kappa shape index (κ2) is 11.1. The van der Waals surface area contributed by atoms with Gasteiger partial charge in [-0.2, -0.15) is 25.9 Å². The van der Waals surface area contributed by atoms with E-state index in [-0.39, 0.29) is 12.1 Å². The van der Waals surface area contributed by atoms with Gasteiger partial charge in [0.2, 0.25) is 0 Å². The predicted molar refractivity (Wildman–Crippen MR) is 127 cm³/mol. The van der Waals surface area contributed by atoms with Gasteiger partial charge < -0.3 is 10.1 Å². The van der Waals surface area contributed by atoms with Gasteiger partial charge in [-0.3, -0.25) is 23.8 Å². The number of nitrogens with zero attached hydrogens (tertiary/aromatic N) is 4. The Hall–Kier alpha value is -3.07. The maximum atomic E-state index is 13.7. The summed E-state index contributed by atoms with van der Waals surface area (Å²) >= 11 is 0. The number of nitrogens with one attached hydrogen (secondary N) is 1. The number of halogens is 3. The molecule has 1 aromatic heterocycles. The smallest absolute Gasteiger partial charge is 0.378 e. The summed E-state index contributed by atoms with van der Waals surface area (Å²) in [5.74, 6) is -2.98. The molecule has 0 saturated carbocycles. The summed E-state index contributed by atoms with van der Waals surface area (Å²) in [4.78, 5) is 29.4. The number of hydrogen-bond donors (Lipinski definition) is 1. The number of benzene rings is 1. The second-order valence-electron chi connectivity index (χ2n) is 8.62. The molecule has 200 valence electrons. The number of carbonyl (C=O) groups is 2. The number of carbonyl (C=O) groups excluding carboxylic acids is 2. The molecule has 14 heteroatoms. The number of anilines is 1. The number of Topliss-reactive ketones (excluding diaryl/α,β-unsaturated/α-hetero) is 1. The number of hydrogen-bond acceptors (Lipinski definition) is 7. The quantitative estimate of drug-likeness (QED) is 0.475. The van der Waals surface area contributed by atoms with Crippen LogP contribution in [0, 0.1) is 0 Å². The van der Waals surface area contributed by atoms with Crippen molar-refractivity contribution in [2.24, 2.45) is 0 Å². The summed E-state index contributed by atoms with van der Waals surface area (Å²) in [6, 6.07) is 11.6. The highest BCUT2D eigenvalue weighted by molar-refractivity contribution is 7.90. The third-order valence-electron chi connectivity index (χ3n) is 6.18. The first-order chi connectivity index (χ1) is 17.6. The molecule has 1 N–H and O–H groups in total. The van der Waals surface area contributed by atoms with E-state index in [2.05, 4.69) is 9.88 Å². The lowest BCUT2D eigenvalue weighted by atomic mass is 10.1. The van der Waals surface area contributed by atoms with E-state index < -0.39 is 34.6 Å². The lowest BCUT2D eigenvalue weighted by molar-refractivity contribution is -0.173. The van der Waals surface area contributed by atoms with Crippen LogP contribution in [0.2, 0.25) is 0 Å². The van der Waals surface area contributed by atoms with Crippen LogP contribution in [0.4, 0.5) is 18.9 Å². The minimum Gasteiger partial charge on any atom is -0.378 e. The molecule has 0 spiro atoms. The molecule has 2 aliphatic rings. The third kappa shape index (κ3) is 6.44. The van der Waals surface area contributed by atoms with E-state index in [1.807, 2.05) is 0 Å². The van der Waals surface area contributed by atoms with Gasteiger partial charge in [0.1, 0.15) is 0 Å². The third-order valence-corrected chi connectivity index (χ3v) is 8.09. The topological polar surface area (TPSA) is 112 Å². The molecule has 2 saturated heterocycles. The van der Waals surface area contributed by atoms with Crippen molar-refractivity contribution in [1.82, 2.24) is 19.5 Å². The van der Waals surface area contributed by atoms with Crippen molar-refractivity contribution in [3.8, 4) is 0 Å². The molecule has 2 aromatic rings. The molecule has 0 atom stereocenters. The van der Waals surface area contributed by atoms with Crippen LogP contribution in [-0.2, 0) is 26.3 Å². The van der Waals surface area contributed by atoms with Crippen molar-refractivity contribution in [1.29, 1.82) is 0 Å². The molecule has 37 heavy (non-hydrogen) atoms. The van der Waals surface area contributed by atoms with E-state index in [1.165, 1.54) is 26.1 Å². The van der Waals surface area contributed by atoms with Crippen LogP contribution in [0.1, 0.15) is 16.1 Å². The molecule has 2 aliphatic heterocycles. The molecule has 0 bridgehead atoms. The summed E-state index contributed by atoms with van der Waals surface area (Å²) in [5.41, 5.74) is 0.749. The van der Waals surface area contributed by atoms with Crippen LogP contribution < -0.4 is 9.62 Å². The van der Waals surface area contributed by atoms with Crippen LogP contribution in [0.15, 0.2) is 48.7 Å². The van der Waals surface area contributed by atoms with E-state index in [9.17, 15) is 31.2 Å². The minimum absolute atomic E-state index is 0.0172. The Morgan fingerprint density at radius 2 is 1.73 bits per heavy atom. The van der Waals surface area contributed by atoms with Crippen molar-refractivity contribution in [3.63, 3.8) is 0 Å². The maximum Gasteiger partial charge on any atom is 0.471 e. The SMILES string of the molecule is O=C(CNC(=O)C(F)(F)F)c1ccc(CN(c2ccccc2)S(=O)(=O)N2CCN(C3COC3)CC2)nc1. The van der Waals surface area contributed by atoms with Gasteiger partial charge in [-0.25, -0.2) is 0 Å². The van der Waals surface area contributed by atoms with Gasteiger partial charge in [-0.1, -0.05) is 18.2 Å². The molecule has 1 aromatic carbocycles. The van der Waals surface area contributed by atoms with Gasteiger partial charge in [0.25, 0.3) is 0 Å². The fraction of sp³-hybridized carbons (Fsp3) is 0.435. The number of ether oxygens (including phenoxy) is 1. The first-order valence-corrected chi connectivity index (χ1v) is 12.9. The predicted octanol–water partition coefficient (Wildman–Crippen LogP) is 1.21. The van der Waals surface area contributed by atoms with Crippen LogP contribution in [-0.4, -0.2) is 92.5 Å². The summed E-state index contributed by atoms with van der Waals surface area (Å²) in [7, 11) is -3.92. The Balaban J connectivity index is 1.45. The lowest BCUT2D eigenvalue weighted by Gasteiger charge is -2.43. The Bertz CT molecular complexity index is 1200. The van der Waals surface area contributed by atoms with Crippen molar-refractivity contribution in [3.05, 3.63) is 59.9 Å². The molecule has 0 unspecified atom stereocenters. The van der Waals surface area contributed by atoms with Crippen LogP contribution >= 0.6 is 0 Å². The summed E-state index contributed by atoms with van der Waals surface area (Å²) in [5, 5.41) is 1.52. The fourth-order valence-corrected chi connectivity index (χ4v) is 5.55. The van der Waals surface area contributed by atoms with Crippen LogP contribution in [0.25, 0.3) is 0 Å². The highest BCUT2D eigenvalue weighted by atomic mass is 32.2. The molecule has 3 heterocycles. The number of para-hydroxylation sites is 1. The van der Waals surface area contributed by atoms with Crippen LogP contribution in [0.5, 0.6) is 0 Å². The number of ketones is 1. The maximum absolute atomic E-state index is 13.7. The Labute approximate surface area is 212 Å². The molecule has 4 rings (SSSR count). The van der Waals surface area contributed by atoms with E-state index in [4.69, 9.17) is 4.74 Å². The Kier molecular flexibility index (Phi) is 8.11. The fourth-order valence-electron chi connectivity index (χ4n) is 3.97. The highest BCUT2D eigenvalue weighted by Crippen LogP contribution is 2.24. The molecule has 2 fully saturated rings. The zero-order valence-corrected chi connectivity index (χ0v) is 20.5. The van der Waals surface area contributed by atoms with E-state index in [1.54, 1.807) is 30.3 Å². The molecule has 1 amide bonds. The minimum atomic E-state index is -5.09. The zero-order valence-electron chi connectivity index (χ0n) is 19.7. The van der Waals surface area contributed by atoms with Gasteiger partial charge in [0, 0.05) is 37.9 Å². The first kappa shape index (κ1) is 27.0. The number of aromatic nitrogens is 1. The van der Waals surface area contributed by atoms with Gasteiger partial charge in [0.05, 0.1) is 43.7 Å². The molecule has 10 nitrogen and oxygen atoms in total. The zero-order chi connectivity index (χ0) is 26.6. The molecular weight excluding hydrogens is 515 g/mol. The van der Waals surface area contributed by atoms with E-state index >= 15 is 0 Å². The summed E-state index contributed by atoms with van der Waals surface area (Å²) in [6.45, 7) is 2.18. The van der Waals surface area contributed by atoms with Crippen molar-refractivity contribution in [2.45, 2.75) is 18.8 Å². The highest BCUT2D eigenvalue weighted by Gasteiger charge is 2.39. The molecule has 0 aliphatic carbocycles. The number of rotatable bonds is 9. The number of amides is 1. The van der Waals surface area contributed by atoms with Crippen molar-refractivity contribution < 1.29 is 35.9 Å².